The van der Waals surface area contributed by atoms with Gasteiger partial charge in [-0.05, 0) is 30.0 Å². The topological polar surface area (TPSA) is 63.6 Å². The largest absolute Gasteiger partial charge is 0.507 e. The van der Waals surface area contributed by atoms with Crippen LogP contribution in [0.3, 0.4) is 0 Å². The van der Waals surface area contributed by atoms with Gasteiger partial charge in [-0.15, -0.1) is 11.3 Å². The Balaban J connectivity index is 2.02. The van der Waals surface area contributed by atoms with Crippen molar-refractivity contribution in [1.82, 2.24) is 0 Å². The van der Waals surface area contributed by atoms with E-state index in [0.717, 1.165) is 0 Å². The van der Waals surface area contributed by atoms with Crippen molar-refractivity contribution in [2.45, 2.75) is 6.92 Å². The summed E-state index contributed by atoms with van der Waals surface area (Å²) in [5, 5.41) is 11.5. The first-order valence-electron chi connectivity index (χ1n) is 5.62. The highest BCUT2D eigenvalue weighted by Gasteiger charge is 2.16. The molecule has 98 valence electrons. The number of phenolic OH excluding ortho intramolecular Hbond substituents is 1. The molecule has 0 saturated carbocycles. The lowest BCUT2D eigenvalue weighted by molar-refractivity contribution is 0.0472. The van der Waals surface area contributed by atoms with Gasteiger partial charge in [0.2, 0.25) is 5.78 Å². The highest BCUT2D eigenvalue weighted by atomic mass is 32.1. The molecule has 19 heavy (non-hydrogen) atoms. The molecule has 0 bridgehead atoms. The highest BCUT2D eigenvalue weighted by molar-refractivity contribution is 7.12. The van der Waals surface area contributed by atoms with Crippen molar-refractivity contribution in [3.8, 4) is 5.75 Å². The Bertz CT molecular complexity index is 602. The molecule has 0 saturated heterocycles. The summed E-state index contributed by atoms with van der Waals surface area (Å²) in [6.07, 6.45) is 0. The van der Waals surface area contributed by atoms with Crippen LogP contribution in [0.15, 0.2) is 35.7 Å². The van der Waals surface area contributed by atoms with E-state index in [4.69, 9.17) is 4.74 Å². The van der Waals surface area contributed by atoms with Crippen LogP contribution in [-0.2, 0) is 4.74 Å². The van der Waals surface area contributed by atoms with E-state index < -0.39 is 5.97 Å². The molecule has 0 atom stereocenters. The van der Waals surface area contributed by atoms with Gasteiger partial charge in [0.05, 0.1) is 4.88 Å². The van der Waals surface area contributed by atoms with Crippen molar-refractivity contribution in [2.75, 3.05) is 6.61 Å². The van der Waals surface area contributed by atoms with Crippen LogP contribution in [0, 0.1) is 6.92 Å². The third-order valence-electron chi connectivity index (χ3n) is 2.59. The van der Waals surface area contributed by atoms with Crippen LogP contribution >= 0.6 is 11.3 Å². The van der Waals surface area contributed by atoms with E-state index in [0.29, 0.717) is 10.4 Å². The Morgan fingerprint density at radius 1 is 1.26 bits per heavy atom. The van der Waals surface area contributed by atoms with E-state index >= 15 is 0 Å². The summed E-state index contributed by atoms with van der Waals surface area (Å²) in [6, 6.07) is 8.22. The third kappa shape index (κ3) is 3.00. The van der Waals surface area contributed by atoms with Crippen molar-refractivity contribution in [2.24, 2.45) is 0 Å². The lowest BCUT2D eigenvalue weighted by atomic mass is 10.1. The fraction of sp³-hybridized carbons (Fsp3) is 0.143. The zero-order chi connectivity index (χ0) is 13.8. The van der Waals surface area contributed by atoms with Gasteiger partial charge in [0.25, 0.3) is 0 Å². The molecular formula is C14H12O4S. The number of esters is 1. The van der Waals surface area contributed by atoms with Crippen molar-refractivity contribution < 1.29 is 19.4 Å². The SMILES string of the molecule is Cc1cccc(C(=O)OCC(=O)c2cccs2)c1O. The molecule has 0 aliphatic heterocycles. The van der Waals surface area contributed by atoms with Gasteiger partial charge >= 0.3 is 5.97 Å². The minimum atomic E-state index is -0.703. The molecule has 1 aromatic carbocycles. The molecular weight excluding hydrogens is 264 g/mol. The molecule has 4 nitrogen and oxygen atoms in total. The number of para-hydroxylation sites is 1. The van der Waals surface area contributed by atoms with Crippen LogP contribution < -0.4 is 0 Å². The first-order chi connectivity index (χ1) is 9.09. The molecule has 0 unspecified atom stereocenters. The number of carbonyl (C=O) groups excluding carboxylic acids is 2. The first kappa shape index (κ1) is 13.3. The van der Waals surface area contributed by atoms with E-state index in [1.807, 2.05) is 0 Å². The van der Waals surface area contributed by atoms with E-state index in [1.165, 1.54) is 17.4 Å². The molecule has 5 heteroatoms. The molecule has 1 aromatic heterocycles. The highest BCUT2D eigenvalue weighted by Crippen LogP contribution is 2.22. The van der Waals surface area contributed by atoms with Gasteiger partial charge in [0.15, 0.2) is 6.61 Å². The summed E-state index contributed by atoms with van der Waals surface area (Å²) in [4.78, 5) is 24.0. The Kier molecular flexibility index (Phi) is 3.97. The molecule has 0 fully saturated rings. The lowest BCUT2D eigenvalue weighted by Crippen LogP contribution is -2.13. The predicted octanol–water partition coefficient (Wildman–Crippen LogP) is 2.80. The fourth-order valence-electron chi connectivity index (χ4n) is 1.54. The van der Waals surface area contributed by atoms with Gasteiger partial charge in [0, 0.05) is 0 Å². The molecule has 0 amide bonds. The monoisotopic (exact) mass is 276 g/mol. The normalized spacial score (nSPS) is 10.2. The molecule has 2 rings (SSSR count). The number of aromatic hydroxyl groups is 1. The summed E-state index contributed by atoms with van der Waals surface area (Å²) < 4.78 is 4.91. The minimum absolute atomic E-state index is 0.0685. The maximum atomic E-state index is 11.8. The van der Waals surface area contributed by atoms with Crippen LogP contribution in [0.2, 0.25) is 0 Å². The van der Waals surface area contributed by atoms with Gasteiger partial charge in [0.1, 0.15) is 11.3 Å². The van der Waals surface area contributed by atoms with Crippen LogP contribution in [0.1, 0.15) is 25.6 Å². The van der Waals surface area contributed by atoms with Crippen LogP contribution in [0.25, 0.3) is 0 Å². The Labute approximate surface area is 114 Å². The summed E-state index contributed by atoms with van der Waals surface area (Å²) in [7, 11) is 0. The lowest BCUT2D eigenvalue weighted by Gasteiger charge is -2.06. The minimum Gasteiger partial charge on any atom is -0.507 e. The van der Waals surface area contributed by atoms with E-state index in [9.17, 15) is 14.7 Å². The number of aryl methyl sites for hydroxylation is 1. The molecule has 2 aromatic rings. The number of thiophene rings is 1. The summed E-state index contributed by atoms with van der Waals surface area (Å²) in [5.41, 5.74) is 0.651. The molecule has 0 aliphatic rings. The molecule has 0 radical (unpaired) electrons. The van der Waals surface area contributed by atoms with E-state index in [1.54, 1.807) is 36.6 Å². The zero-order valence-corrected chi connectivity index (χ0v) is 11.1. The van der Waals surface area contributed by atoms with Gasteiger partial charge in [-0.1, -0.05) is 18.2 Å². The van der Waals surface area contributed by atoms with Crippen molar-refractivity contribution >= 4 is 23.1 Å². The number of ketones is 1. The Morgan fingerprint density at radius 3 is 2.74 bits per heavy atom. The Hall–Kier alpha value is -2.14. The number of hydrogen-bond donors (Lipinski definition) is 1. The number of Topliss-reactive ketones (excluding diaryl/α,β-unsaturated/α-hetero) is 1. The summed E-state index contributed by atoms with van der Waals surface area (Å²) in [5.74, 6) is -1.07. The van der Waals surface area contributed by atoms with Gasteiger partial charge in [-0.25, -0.2) is 4.79 Å². The van der Waals surface area contributed by atoms with E-state index in [-0.39, 0.29) is 23.7 Å². The maximum Gasteiger partial charge on any atom is 0.342 e. The van der Waals surface area contributed by atoms with E-state index in [2.05, 4.69) is 0 Å². The van der Waals surface area contributed by atoms with Gasteiger partial charge in [-0.3, -0.25) is 4.79 Å². The second-order valence-corrected chi connectivity index (χ2v) is 4.90. The second-order valence-electron chi connectivity index (χ2n) is 3.95. The zero-order valence-electron chi connectivity index (χ0n) is 10.3. The quantitative estimate of drug-likeness (QED) is 0.689. The van der Waals surface area contributed by atoms with Crippen molar-refractivity contribution in [3.63, 3.8) is 0 Å². The van der Waals surface area contributed by atoms with Crippen molar-refractivity contribution in [3.05, 3.63) is 51.7 Å². The summed E-state index contributed by atoms with van der Waals surface area (Å²) >= 11 is 1.29. The molecule has 1 N–H and O–H groups in total. The molecule has 0 aliphatic carbocycles. The van der Waals surface area contributed by atoms with Gasteiger partial charge in [-0.2, -0.15) is 0 Å². The standard InChI is InChI=1S/C14H12O4S/c1-9-4-2-5-10(13(9)16)14(17)18-8-11(15)12-6-3-7-19-12/h2-7,16H,8H2,1H3. The number of rotatable bonds is 4. The maximum absolute atomic E-state index is 11.8. The average Bonchev–Trinajstić information content (AvgIpc) is 2.93. The number of ether oxygens (including phenoxy) is 1. The van der Waals surface area contributed by atoms with Crippen LogP contribution in [-0.4, -0.2) is 23.5 Å². The van der Waals surface area contributed by atoms with Crippen LogP contribution in [0.4, 0.5) is 0 Å². The molecule has 0 spiro atoms. The predicted molar refractivity (Wildman–Crippen MR) is 71.8 cm³/mol. The third-order valence-corrected chi connectivity index (χ3v) is 3.50. The Morgan fingerprint density at radius 2 is 2.05 bits per heavy atom. The first-order valence-corrected chi connectivity index (χ1v) is 6.50. The fourth-order valence-corrected chi connectivity index (χ4v) is 2.19. The van der Waals surface area contributed by atoms with Crippen LogP contribution in [0.5, 0.6) is 5.75 Å². The number of benzene rings is 1. The number of carbonyl (C=O) groups is 2. The second kappa shape index (κ2) is 5.67. The number of phenols is 1. The molecule has 1 heterocycles. The average molecular weight is 276 g/mol. The van der Waals surface area contributed by atoms with Crippen molar-refractivity contribution in [1.29, 1.82) is 0 Å². The smallest absolute Gasteiger partial charge is 0.342 e. The van der Waals surface area contributed by atoms with Gasteiger partial charge < -0.3 is 9.84 Å². The summed E-state index contributed by atoms with van der Waals surface area (Å²) in [6.45, 7) is 1.36. The number of hydrogen-bond acceptors (Lipinski definition) is 5.